The molecule has 0 bridgehead atoms. The zero-order valence-corrected chi connectivity index (χ0v) is 18.1. The number of carbonyl (C=O) groups excluding carboxylic acids is 1. The number of aryl methyl sites for hydroxylation is 1. The lowest BCUT2D eigenvalue weighted by Gasteiger charge is -2.27. The van der Waals surface area contributed by atoms with Crippen molar-refractivity contribution in [3.8, 4) is 5.75 Å². The number of nitrogens with one attached hydrogen (secondary N) is 1. The minimum Gasteiger partial charge on any atom is -0.497 e. The largest absolute Gasteiger partial charge is 0.497 e. The number of benzene rings is 2. The van der Waals surface area contributed by atoms with E-state index in [0.29, 0.717) is 18.2 Å². The lowest BCUT2D eigenvalue weighted by Crippen LogP contribution is -2.30. The Kier molecular flexibility index (Phi) is 5.62. The molecule has 1 fully saturated rings. The molecule has 1 saturated heterocycles. The van der Waals surface area contributed by atoms with Gasteiger partial charge in [0.05, 0.1) is 19.7 Å². The molecule has 4 rings (SSSR count). The molecule has 1 unspecified atom stereocenters. The Balaban J connectivity index is 1.91. The van der Waals surface area contributed by atoms with Crippen LogP contribution in [0.15, 0.2) is 64.8 Å². The maximum absolute atomic E-state index is 13.6. The highest BCUT2D eigenvalue weighted by Gasteiger charge is 2.45. The van der Waals surface area contributed by atoms with Gasteiger partial charge in [-0.3, -0.25) is 14.7 Å². The molecule has 2 heterocycles. The van der Waals surface area contributed by atoms with Crippen molar-refractivity contribution in [2.75, 3.05) is 25.1 Å². The number of allylic oxidation sites excluding steroid dienone is 1. The summed E-state index contributed by atoms with van der Waals surface area (Å²) in [6, 6.07) is 15.9. The van der Waals surface area contributed by atoms with Gasteiger partial charge in [-0.25, -0.2) is 0 Å². The molecular formula is C25H29N3O2. The molecular weight excluding hydrogens is 374 g/mol. The minimum atomic E-state index is -0.204. The predicted octanol–water partition coefficient (Wildman–Crippen LogP) is 4.44. The van der Waals surface area contributed by atoms with Gasteiger partial charge in [-0.05, 0) is 49.1 Å². The second kappa shape index (κ2) is 8.34. The van der Waals surface area contributed by atoms with Crippen LogP contribution >= 0.6 is 0 Å². The molecule has 0 spiro atoms. The van der Waals surface area contributed by atoms with E-state index in [2.05, 4.69) is 50.4 Å². The van der Waals surface area contributed by atoms with Crippen LogP contribution < -0.4 is 15.0 Å². The van der Waals surface area contributed by atoms with Gasteiger partial charge in [0.1, 0.15) is 11.5 Å². The Morgan fingerprint density at radius 2 is 1.83 bits per heavy atom. The van der Waals surface area contributed by atoms with E-state index in [4.69, 9.17) is 9.73 Å². The maximum Gasteiger partial charge on any atom is 0.277 e. The molecule has 30 heavy (non-hydrogen) atoms. The summed E-state index contributed by atoms with van der Waals surface area (Å²) in [4.78, 5) is 20.2. The van der Waals surface area contributed by atoms with Gasteiger partial charge < -0.3 is 10.1 Å². The number of nitrogens with zero attached hydrogens (tertiary/aromatic N) is 2. The van der Waals surface area contributed by atoms with Gasteiger partial charge in [0.15, 0.2) is 0 Å². The van der Waals surface area contributed by atoms with Crippen molar-refractivity contribution in [1.82, 2.24) is 5.32 Å². The van der Waals surface area contributed by atoms with Crippen molar-refractivity contribution in [1.29, 1.82) is 0 Å². The van der Waals surface area contributed by atoms with Gasteiger partial charge in [0, 0.05) is 23.5 Å². The Labute approximate surface area is 178 Å². The fraction of sp³-hybridized carbons (Fsp3) is 0.360. The number of rotatable bonds is 5. The second-order valence-corrected chi connectivity index (χ2v) is 8.33. The highest BCUT2D eigenvalue weighted by Crippen LogP contribution is 2.42. The fourth-order valence-electron chi connectivity index (χ4n) is 4.20. The summed E-state index contributed by atoms with van der Waals surface area (Å²) in [5.41, 5.74) is 5.89. The van der Waals surface area contributed by atoms with Crippen LogP contribution in [0.2, 0.25) is 0 Å². The third-order valence-electron chi connectivity index (χ3n) is 5.61. The van der Waals surface area contributed by atoms with Crippen molar-refractivity contribution in [2.24, 2.45) is 10.9 Å². The molecule has 2 aliphatic heterocycles. The normalized spacial score (nSPS) is 18.8. The third-order valence-corrected chi connectivity index (χ3v) is 5.61. The second-order valence-electron chi connectivity index (χ2n) is 8.33. The average Bonchev–Trinajstić information content (AvgIpc) is 2.88. The summed E-state index contributed by atoms with van der Waals surface area (Å²) in [6.07, 6.45) is 0.889. The van der Waals surface area contributed by atoms with Crippen LogP contribution in [0, 0.1) is 12.8 Å². The van der Waals surface area contributed by atoms with Crippen molar-refractivity contribution in [2.45, 2.75) is 33.2 Å². The topological polar surface area (TPSA) is 53.9 Å². The number of aliphatic imine (C=N–C) groups is 1. The first-order chi connectivity index (χ1) is 14.5. The predicted molar refractivity (Wildman–Crippen MR) is 121 cm³/mol. The molecule has 1 atom stereocenters. The van der Waals surface area contributed by atoms with Crippen molar-refractivity contribution in [3.05, 3.63) is 70.9 Å². The zero-order chi connectivity index (χ0) is 21.3. The Bertz CT molecular complexity index is 988. The van der Waals surface area contributed by atoms with Crippen LogP contribution in [0.1, 0.15) is 37.4 Å². The highest BCUT2D eigenvalue weighted by molar-refractivity contribution is 6.53. The number of methoxy groups -OCH3 is 1. The van der Waals surface area contributed by atoms with E-state index >= 15 is 0 Å². The van der Waals surface area contributed by atoms with Crippen LogP contribution in [0.5, 0.6) is 5.75 Å². The number of hydrogen-bond acceptors (Lipinski definition) is 4. The summed E-state index contributed by atoms with van der Waals surface area (Å²) in [5.74, 6) is 1.21. The SMILES string of the molecule is COc1ccc(N2C(=O)C3=NCCNC(CC(C)C)=C3C2c2ccc(C)cc2)cc1. The lowest BCUT2D eigenvalue weighted by atomic mass is 9.93. The molecule has 0 saturated carbocycles. The molecule has 2 aromatic rings. The van der Waals surface area contributed by atoms with Crippen LogP contribution in [0.25, 0.3) is 0 Å². The standard InChI is InChI=1S/C25H29N3O2/c1-16(2)15-21-22-23(27-14-13-26-21)25(29)28(19-9-11-20(30-4)12-10-19)24(22)18-7-5-17(3)6-8-18/h5-12,16,24,26H,13-15H2,1-4H3. The summed E-state index contributed by atoms with van der Waals surface area (Å²) >= 11 is 0. The first-order valence-corrected chi connectivity index (χ1v) is 10.6. The quantitative estimate of drug-likeness (QED) is 0.803. The molecule has 5 nitrogen and oxygen atoms in total. The Hall–Kier alpha value is -3.08. The van der Waals surface area contributed by atoms with Crippen molar-refractivity contribution >= 4 is 17.3 Å². The van der Waals surface area contributed by atoms with E-state index in [1.165, 1.54) is 5.56 Å². The van der Waals surface area contributed by atoms with E-state index in [-0.39, 0.29) is 11.9 Å². The summed E-state index contributed by atoms with van der Waals surface area (Å²) in [5, 5.41) is 3.57. The lowest BCUT2D eigenvalue weighted by molar-refractivity contribution is -0.112. The zero-order valence-electron chi connectivity index (χ0n) is 18.1. The summed E-state index contributed by atoms with van der Waals surface area (Å²) < 4.78 is 5.31. The monoisotopic (exact) mass is 403 g/mol. The van der Waals surface area contributed by atoms with E-state index in [1.54, 1.807) is 7.11 Å². The smallest absolute Gasteiger partial charge is 0.277 e. The number of anilines is 1. The molecule has 2 aliphatic rings. The van der Waals surface area contributed by atoms with Gasteiger partial charge >= 0.3 is 0 Å². The molecule has 1 amide bonds. The molecule has 0 aliphatic carbocycles. The van der Waals surface area contributed by atoms with E-state index in [0.717, 1.165) is 41.2 Å². The first kappa shape index (κ1) is 20.2. The van der Waals surface area contributed by atoms with Gasteiger partial charge in [-0.1, -0.05) is 43.7 Å². The van der Waals surface area contributed by atoms with Crippen LogP contribution in [-0.4, -0.2) is 31.8 Å². The van der Waals surface area contributed by atoms with Gasteiger partial charge in [0.25, 0.3) is 5.91 Å². The number of hydrogen-bond donors (Lipinski definition) is 1. The molecule has 5 heteroatoms. The van der Waals surface area contributed by atoms with Crippen LogP contribution in [0.4, 0.5) is 5.69 Å². The average molecular weight is 404 g/mol. The molecule has 156 valence electrons. The first-order valence-electron chi connectivity index (χ1n) is 10.6. The summed E-state index contributed by atoms with van der Waals surface area (Å²) in [7, 11) is 1.65. The molecule has 2 aromatic carbocycles. The molecule has 1 N–H and O–H groups in total. The molecule has 0 radical (unpaired) electrons. The molecule has 0 aromatic heterocycles. The summed E-state index contributed by atoms with van der Waals surface area (Å²) in [6.45, 7) is 7.84. The third kappa shape index (κ3) is 3.72. The van der Waals surface area contributed by atoms with E-state index in [1.807, 2.05) is 29.2 Å². The minimum absolute atomic E-state index is 0.0364. The van der Waals surface area contributed by atoms with Gasteiger partial charge in [-0.2, -0.15) is 0 Å². The van der Waals surface area contributed by atoms with Gasteiger partial charge in [0.2, 0.25) is 0 Å². The van der Waals surface area contributed by atoms with Gasteiger partial charge in [-0.15, -0.1) is 0 Å². The van der Waals surface area contributed by atoms with Crippen molar-refractivity contribution < 1.29 is 9.53 Å². The van der Waals surface area contributed by atoms with E-state index in [9.17, 15) is 4.79 Å². The Morgan fingerprint density at radius 3 is 2.47 bits per heavy atom. The fourth-order valence-corrected chi connectivity index (χ4v) is 4.20. The number of fused-ring (bicyclic) bond motifs is 1. The van der Waals surface area contributed by atoms with Crippen molar-refractivity contribution in [3.63, 3.8) is 0 Å². The highest BCUT2D eigenvalue weighted by atomic mass is 16.5. The maximum atomic E-state index is 13.6. The number of carbonyl (C=O) groups is 1. The van der Waals surface area contributed by atoms with Crippen LogP contribution in [0.3, 0.4) is 0 Å². The Morgan fingerprint density at radius 1 is 1.13 bits per heavy atom. The van der Waals surface area contributed by atoms with E-state index < -0.39 is 0 Å². The number of ether oxygens (including phenoxy) is 1. The van der Waals surface area contributed by atoms with Crippen LogP contribution in [-0.2, 0) is 4.79 Å². The number of amides is 1.